The topological polar surface area (TPSA) is 53.0 Å². The van der Waals surface area contributed by atoms with E-state index in [1.165, 1.54) is 6.07 Å². The van der Waals surface area contributed by atoms with Crippen LogP contribution in [0, 0.1) is 17.1 Å². The zero-order valence-corrected chi connectivity index (χ0v) is 10.6. The molecule has 1 fully saturated rings. The second-order valence-electron chi connectivity index (χ2n) is 4.73. The number of rotatable bonds is 2. The van der Waals surface area contributed by atoms with Crippen molar-refractivity contribution >= 4 is 0 Å². The zero-order chi connectivity index (χ0) is 13.1. The maximum absolute atomic E-state index is 13.3. The van der Waals surface area contributed by atoms with Crippen molar-refractivity contribution in [3.8, 4) is 6.07 Å². The standard InChI is InChI=1S/C14H18FN3/c1-2-18-7-3-4-13(17)14(18)10-5-6-12(15)11(8-10)9-16/h5-6,8,13-14H,2-4,7,17H2,1H3. The fourth-order valence-corrected chi connectivity index (χ4v) is 2.72. The van der Waals surface area contributed by atoms with Gasteiger partial charge in [-0.25, -0.2) is 4.39 Å². The van der Waals surface area contributed by atoms with Gasteiger partial charge in [0.2, 0.25) is 0 Å². The van der Waals surface area contributed by atoms with Gasteiger partial charge < -0.3 is 5.73 Å². The molecule has 1 aliphatic rings. The third-order valence-electron chi connectivity index (χ3n) is 3.64. The summed E-state index contributed by atoms with van der Waals surface area (Å²) < 4.78 is 13.3. The molecule has 1 aromatic rings. The Labute approximate surface area is 107 Å². The minimum Gasteiger partial charge on any atom is -0.326 e. The Hall–Kier alpha value is -1.44. The lowest BCUT2D eigenvalue weighted by Gasteiger charge is -2.39. The van der Waals surface area contributed by atoms with E-state index in [0.717, 1.165) is 31.5 Å². The van der Waals surface area contributed by atoms with E-state index in [1.807, 2.05) is 6.07 Å². The van der Waals surface area contributed by atoms with Crippen molar-refractivity contribution in [2.75, 3.05) is 13.1 Å². The molecule has 3 nitrogen and oxygen atoms in total. The smallest absolute Gasteiger partial charge is 0.140 e. The van der Waals surface area contributed by atoms with E-state index in [9.17, 15) is 4.39 Å². The van der Waals surface area contributed by atoms with Crippen molar-refractivity contribution < 1.29 is 4.39 Å². The lowest BCUT2D eigenvalue weighted by atomic mass is 9.90. The van der Waals surface area contributed by atoms with E-state index in [-0.39, 0.29) is 17.6 Å². The first-order valence-electron chi connectivity index (χ1n) is 6.36. The Morgan fingerprint density at radius 3 is 3.00 bits per heavy atom. The number of hydrogen-bond donors (Lipinski definition) is 1. The van der Waals surface area contributed by atoms with Crippen LogP contribution < -0.4 is 5.73 Å². The molecule has 4 heteroatoms. The number of benzene rings is 1. The molecule has 2 atom stereocenters. The summed E-state index contributed by atoms with van der Waals surface area (Å²) in [5.41, 5.74) is 7.23. The third kappa shape index (κ3) is 2.38. The lowest BCUT2D eigenvalue weighted by Crippen LogP contribution is -2.45. The zero-order valence-electron chi connectivity index (χ0n) is 10.6. The summed E-state index contributed by atoms with van der Waals surface area (Å²) in [7, 11) is 0. The molecular weight excluding hydrogens is 229 g/mol. The summed E-state index contributed by atoms with van der Waals surface area (Å²) in [6.07, 6.45) is 2.07. The van der Waals surface area contributed by atoms with Crippen molar-refractivity contribution in [1.82, 2.24) is 4.90 Å². The molecule has 1 aliphatic heterocycles. The predicted octanol–water partition coefficient (Wildman–Crippen LogP) is 2.18. The average Bonchev–Trinajstić information content (AvgIpc) is 2.39. The number of halogens is 1. The fraction of sp³-hybridized carbons (Fsp3) is 0.500. The van der Waals surface area contributed by atoms with E-state index in [2.05, 4.69) is 11.8 Å². The first kappa shape index (κ1) is 13.0. The Bertz CT molecular complexity index is 467. The molecule has 1 saturated heterocycles. The van der Waals surface area contributed by atoms with Gasteiger partial charge in [0.25, 0.3) is 0 Å². The highest BCUT2D eigenvalue weighted by atomic mass is 19.1. The van der Waals surface area contributed by atoms with Gasteiger partial charge in [-0.2, -0.15) is 5.26 Å². The van der Waals surface area contributed by atoms with Gasteiger partial charge in [0.05, 0.1) is 5.56 Å². The molecule has 1 aromatic carbocycles. The van der Waals surface area contributed by atoms with Crippen LogP contribution in [0.1, 0.15) is 36.9 Å². The van der Waals surface area contributed by atoms with E-state index in [4.69, 9.17) is 11.0 Å². The number of nitrogens with zero attached hydrogens (tertiary/aromatic N) is 2. The van der Waals surface area contributed by atoms with Crippen LogP contribution in [0.3, 0.4) is 0 Å². The minimum absolute atomic E-state index is 0.0516. The molecule has 96 valence electrons. The molecule has 0 radical (unpaired) electrons. The summed E-state index contributed by atoms with van der Waals surface area (Å²) in [6.45, 7) is 4.02. The van der Waals surface area contributed by atoms with E-state index in [0.29, 0.717) is 0 Å². The van der Waals surface area contributed by atoms with Gasteiger partial charge in [0.1, 0.15) is 11.9 Å². The molecule has 0 spiro atoms. The molecule has 2 N–H and O–H groups in total. The van der Waals surface area contributed by atoms with Crippen molar-refractivity contribution in [2.24, 2.45) is 5.73 Å². The van der Waals surface area contributed by atoms with Gasteiger partial charge >= 0.3 is 0 Å². The van der Waals surface area contributed by atoms with Gasteiger partial charge in [-0.05, 0) is 43.6 Å². The normalized spacial score (nSPS) is 24.8. The van der Waals surface area contributed by atoms with Gasteiger partial charge in [-0.3, -0.25) is 4.90 Å². The van der Waals surface area contributed by atoms with Crippen LogP contribution in [0.4, 0.5) is 4.39 Å². The molecule has 18 heavy (non-hydrogen) atoms. The minimum atomic E-state index is -0.464. The number of piperidine rings is 1. The first-order valence-corrected chi connectivity index (χ1v) is 6.36. The quantitative estimate of drug-likeness (QED) is 0.871. The number of nitrogens with two attached hydrogens (primary N) is 1. The predicted molar refractivity (Wildman–Crippen MR) is 68.3 cm³/mol. The van der Waals surface area contributed by atoms with E-state index < -0.39 is 5.82 Å². The van der Waals surface area contributed by atoms with Gasteiger partial charge in [0.15, 0.2) is 0 Å². The summed E-state index contributed by atoms with van der Waals surface area (Å²) in [5, 5.41) is 8.90. The van der Waals surface area contributed by atoms with Crippen LogP contribution in [0.5, 0.6) is 0 Å². The number of nitriles is 1. The molecule has 2 rings (SSSR count). The van der Waals surface area contributed by atoms with Gasteiger partial charge in [0, 0.05) is 12.1 Å². The Morgan fingerprint density at radius 1 is 1.56 bits per heavy atom. The van der Waals surface area contributed by atoms with Crippen LogP contribution in [0.15, 0.2) is 18.2 Å². The second kappa shape index (κ2) is 5.47. The van der Waals surface area contributed by atoms with Crippen molar-refractivity contribution in [2.45, 2.75) is 31.8 Å². The average molecular weight is 247 g/mol. The van der Waals surface area contributed by atoms with Crippen molar-refractivity contribution in [3.05, 3.63) is 35.1 Å². The first-order chi connectivity index (χ1) is 8.67. The van der Waals surface area contributed by atoms with Crippen LogP contribution in [-0.4, -0.2) is 24.0 Å². The Kier molecular flexibility index (Phi) is 3.95. The number of likely N-dealkylation sites (N-methyl/N-ethyl adjacent to an activating group) is 1. The molecule has 0 amide bonds. The molecule has 0 aliphatic carbocycles. The Morgan fingerprint density at radius 2 is 2.33 bits per heavy atom. The summed E-state index contributed by atoms with van der Waals surface area (Å²) in [6, 6.07) is 6.78. The van der Waals surface area contributed by atoms with Crippen LogP contribution in [0.2, 0.25) is 0 Å². The number of hydrogen-bond acceptors (Lipinski definition) is 3. The van der Waals surface area contributed by atoms with Crippen molar-refractivity contribution in [1.29, 1.82) is 5.26 Å². The lowest BCUT2D eigenvalue weighted by molar-refractivity contribution is 0.136. The largest absolute Gasteiger partial charge is 0.326 e. The summed E-state index contributed by atoms with van der Waals surface area (Å²) >= 11 is 0. The third-order valence-corrected chi connectivity index (χ3v) is 3.64. The highest BCUT2D eigenvalue weighted by Crippen LogP contribution is 2.30. The molecule has 0 aromatic heterocycles. The van der Waals surface area contributed by atoms with E-state index in [1.54, 1.807) is 12.1 Å². The van der Waals surface area contributed by atoms with E-state index >= 15 is 0 Å². The van der Waals surface area contributed by atoms with Crippen LogP contribution in [-0.2, 0) is 0 Å². The molecule has 0 bridgehead atoms. The fourth-order valence-electron chi connectivity index (χ4n) is 2.72. The van der Waals surface area contributed by atoms with Crippen LogP contribution >= 0.6 is 0 Å². The molecule has 2 unspecified atom stereocenters. The molecule has 0 saturated carbocycles. The SMILES string of the molecule is CCN1CCCC(N)C1c1ccc(F)c(C#N)c1. The monoisotopic (exact) mass is 247 g/mol. The van der Waals surface area contributed by atoms with Gasteiger partial charge in [-0.15, -0.1) is 0 Å². The highest BCUT2D eigenvalue weighted by Gasteiger charge is 2.29. The summed E-state index contributed by atoms with van der Waals surface area (Å²) in [5.74, 6) is -0.464. The molecule has 1 heterocycles. The Balaban J connectivity index is 2.36. The number of likely N-dealkylation sites (tertiary alicyclic amines) is 1. The van der Waals surface area contributed by atoms with Crippen molar-refractivity contribution in [3.63, 3.8) is 0 Å². The second-order valence-corrected chi connectivity index (χ2v) is 4.73. The molecular formula is C14H18FN3. The maximum Gasteiger partial charge on any atom is 0.140 e. The highest BCUT2D eigenvalue weighted by molar-refractivity contribution is 5.36. The maximum atomic E-state index is 13.3. The van der Waals surface area contributed by atoms with Crippen LogP contribution in [0.25, 0.3) is 0 Å². The van der Waals surface area contributed by atoms with Gasteiger partial charge in [-0.1, -0.05) is 13.0 Å². The summed E-state index contributed by atoms with van der Waals surface area (Å²) in [4.78, 5) is 2.29.